The molecule has 0 spiro atoms. The highest BCUT2D eigenvalue weighted by Gasteiger charge is 2.34. The highest BCUT2D eigenvalue weighted by atomic mass is 35.5. The average molecular weight is 373 g/mol. The van der Waals surface area contributed by atoms with Crippen molar-refractivity contribution in [3.8, 4) is 0 Å². The van der Waals surface area contributed by atoms with E-state index in [1.54, 1.807) is 0 Å². The third kappa shape index (κ3) is 6.28. The van der Waals surface area contributed by atoms with Crippen molar-refractivity contribution in [3.63, 3.8) is 0 Å². The van der Waals surface area contributed by atoms with Crippen LogP contribution in [-0.2, 0) is 11.1 Å². The van der Waals surface area contributed by atoms with E-state index in [4.69, 9.17) is 16.1 Å². The second-order valence-electron chi connectivity index (χ2n) is 7.29. The first kappa shape index (κ1) is 21.9. The Kier molecular flexibility index (Phi) is 9.19. The number of halogens is 1. The molecule has 3 nitrogen and oxygen atoms in total. The molecule has 0 radical (unpaired) electrons. The minimum Gasteiger partial charge on any atom is -0.326 e. The Labute approximate surface area is 155 Å². The molecule has 0 aliphatic rings. The Morgan fingerprint density at radius 2 is 1.17 bits per heavy atom. The van der Waals surface area contributed by atoms with Crippen LogP contribution in [0.1, 0.15) is 61.0 Å². The summed E-state index contributed by atoms with van der Waals surface area (Å²) in [6.45, 7) is 18.6. The molecule has 0 aliphatic carbocycles. The summed E-state index contributed by atoms with van der Waals surface area (Å²) in [6, 6.07) is 9.66. The maximum atomic E-state index is 6.51. The summed E-state index contributed by atoms with van der Waals surface area (Å²) < 4.78 is 11.5. The van der Waals surface area contributed by atoms with Gasteiger partial charge in [-0.1, -0.05) is 23.7 Å². The molecule has 24 heavy (non-hydrogen) atoms. The summed E-state index contributed by atoms with van der Waals surface area (Å²) in [7, 11) is -0.843. The fourth-order valence-electron chi connectivity index (χ4n) is 2.95. The summed E-state index contributed by atoms with van der Waals surface area (Å²) in [5.74, 6) is 0. The quantitative estimate of drug-likeness (QED) is 0.471. The van der Waals surface area contributed by atoms with E-state index >= 15 is 0 Å². The zero-order valence-corrected chi connectivity index (χ0v) is 18.1. The minimum absolute atomic E-state index is 0.432. The van der Waals surface area contributed by atoms with Crippen molar-refractivity contribution in [2.75, 3.05) is 0 Å². The standard InChI is InChI=1S/C19H34ClN2OP/c1-14(2)21(15(3)4)24(22(16(5)6)17(7)8)23-13-18-9-11-19(20)12-10-18/h9-12,14-17H,13H2,1-8H3. The van der Waals surface area contributed by atoms with Gasteiger partial charge in [-0.3, -0.25) is 0 Å². The molecule has 0 N–H and O–H groups in total. The maximum absolute atomic E-state index is 6.51. The Balaban J connectivity index is 3.04. The lowest BCUT2D eigenvalue weighted by Gasteiger charge is -2.45. The second-order valence-corrected chi connectivity index (χ2v) is 9.41. The monoisotopic (exact) mass is 372 g/mol. The minimum atomic E-state index is -0.843. The van der Waals surface area contributed by atoms with Crippen molar-refractivity contribution in [2.24, 2.45) is 0 Å². The predicted molar refractivity (Wildman–Crippen MR) is 107 cm³/mol. The fourth-order valence-corrected chi connectivity index (χ4v) is 5.42. The molecule has 0 heterocycles. The molecule has 138 valence electrons. The average Bonchev–Trinajstić information content (AvgIpc) is 2.44. The van der Waals surface area contributed by atoms with Crippen LogP contribution in [0, 0.1) is 0 Å². The van der Waals surface area contributed by atoms with Crippen molar-refractivity contribution in [1.82, 2.24) is 9.34 Å². The lowest BCUT2D eigenvalue weighted by atomic mass is 10.2. The van der Waals surface area contributed by atoms with Gasteiger partial charge in [0.2, 0.25) is 0 Å². The molecule has 5 heteroatoms. The van der Waals surface area contributed by atoms with Gasteiger partial charge in [-0.2, -0.15) is 0 Å². The zero-order valence-electron chi connectivity index (χ0n) is 16.5. The van der Waals surface area contributed by atoms with Gasteiger partial charge < -0.3 is 4.52 Å². The lowest BCUT2D eigenvalue weighted by Crippen LogP contribution is -2.43. The van der Waals surface area contributed by atoms with E-state index in [9.17, 15) is 0 Å². The summed E-state index contributed by atoms with van der Waals surface area (Å²) in [5, 5.41) is 0.762. The van der Waals surface area contributed by atoms with E-state index in [0.29, 0.717) is 30.8 Å². The van der Waals surface area contributed by atoms with E-state index in [-0.39, 0.29) is 0 Å². The summed E-state index contributed by atoms with van der Waals surface area (Å²) >= 11 is 5.99. The van der Waals surface area contributed by atoms with Gasteiger partial charge in [0.05, 0.1) is 6.61 Å². The van der Waals surface area contributed by atoms with Gasteiger partial charge in [0.1, 0.15) is 0 Å². The van der Waals surface area contributed by atoms with Crippen LogP contribution in [0.3, 0.4) is 0 Å². The van der Waals surface area contributed by atoms with Crippen LogP contribution in [0.5, 0.6) is 0 Å². The van der Waals surface area contributed by atoms with Gasteiger partial charge in [-0.15, -0.1) is 0 Å². The summed E-state index contributed by atoms with van der Waals surface area (Å²) in [5.41, 5.74) is 1.16. The molecule has 0 aromatic heterocycles. The zero-order chi connectivity index (χ0) is 18.4. The summed E-state index contributed by atoms with van der Waals surface area (Å²) in [6.07, 6.45) is 0. The second kappa shape index (κ2) is 10.1. The van der Waals surface area contributed by atoms with Gasteiger partial charge in [0.25, 0.3) is 0 Å². The highest BCUT2D eigenvalue weighted by molar-refractivity contribution is 7.47. The van der Waals surface area contributed by atoms with E-state index in [2.05, 4.69) is 64.7 Å². The molecular weight excluding hydrogens is 339 g/mol. The SMILES string of the molecule is CC(C)N(C(C)C)P(OCc1ccc(Cl)cc1)N(C(C)C)C(C)C. The van der Waals surface area contributed by atoms with Crippen LogP contribution in [-0.4, -0.2) is 33.5 Å². The number of nitrogens with zero attached hydrogens (tertiary/aromatic N) is 2. The highest BCUT2D eigenvalue weighted by Crippen LogP contribution is 2.51. The Morgan fingerprint density at radius 3 is 1.50 bits per heavy atom. The van der Waals surface area contributed by atoms with Crippen molar-refractivity contribution < 1.29 is 4.52 Å². The molecule has 1 aromatic carbocycles. The Hall–Kier alpha value is -0.180. The van der Waals surface area contributed by atoms with Crippen LogP contribution in [0.4, 0.5) is 0 Å². The molecule has 0 amide bonds. The molecule has 0 saturated carbocycles. The van der Waals surface area contributed by atoms with Gasteiger partial charge >= 0.3 is 0 Å². The van der Waals surface area contributed by atoms with Crippen LogP contribution in [0.15, 0.2) is 24.3 Å². The number of benzene rings is 1. The van der Waals surface area contributed by atoms with Crippen LogP contribution in [0.2, 0.25) is 5.02 Å². The van der Waals surface area contributed by atoms with Gasteiger partial charge in [-0.25, -0.2) is 9.34 Å². The van der Waals surface area contributed by atoms with Crippen molar-refractivity contribution in [3.05, 3.63) is 34.9 Å². The van der Waals surface area contributed by atoms with E-state index in [1.807, 2.05) is 24.3 Å². The van der Waals surface area contributed by atoms with Crippen molar-refractivity contribution in [2.45, 2.75) is 86.2 Å². The third-order valence-electron chi connectivity index (χ3n) is 3.77. The molecule has 1 aromatic rings. The Morgan fingerprint density at radius 1 is 0.792 bits per heavy atom. The molecule has 0 aliphatic heterocycles. The van der Waals surface area contributed by atoms with Gasteiger partial charge in [0, 0.05) is 29.2 Å². The maximum Gasteiger partial charge on any atom is 0.189 e. The Bertz CT molecular complexity index is 441. The van der Waals surface area contributed by atoms with Gasteiger partial charge in [0.15, 0.2) is 8.45 Å². The van der Waals surface area contributed by atoms with Crippen molar-refractivity contribution >= 4 is 20.1 Å². The smallest absolute Gasteiger partial charge is 0.189 e. The molecule has 1 rings (SSSR count). The molecule has 0 saturated heterocycles. The van der Waals surface area contributed by atoms with Crippen LogP contribution in [0.25, 0.3) is 0 Å². The predicted octanol–water partition coefficient (Wildman–Crippen LogP) is 6.32. The lowest BCUT2D eigenvalue weighted by molar-refractivity contribution is 0.182. The molecule has 0 bridgehead atoms. The first-order chi connectivity index (χ1) is 11.1. The van der Waals surface area contributed by atoms with E-state index in [0.717, 1.165) is 10.6 Å². The number of hydrogen-bond donors (Lipinski definition) is 0. The molecule has 0 fully saturated rings. The van der Waals surface area contributed by atoms with E-state index < -0.39 is 8.45 Å². The first-order valence-electron chi connectivity index (χ1n) is 8.89. The normalized spacial score (nSPS) is 12.8. The van der Waals surface area contributed by atoms with Crippen molar-refractivity contribution in [1.29, 1.82) is 0 Å². The fraction of sp³-hybridized carbons (Fsp3) is 0.684. The van der Waals surface area contributed by atoms with Crippen LogP contribution < -0.4 is 0 Å². The third-order valence-corrected chi connectivity index (χ3v) is 7.02. The molecule has 0 unspecified atom stereocenters. The largest absolute Gasteiger partial charge is 0.326 e. The van der Waals surface area contributed by atoms with Crippen LogP contribution >= 0.6 is 20.1 Å². The molecule has 0 atom stereocenters. The summed E-state index contributed by atoms with van der Waals surface area (Å²) in [4.78, 5) is 0. The van der Waals surface area contributed by atoms with E-state index in [1.165, 1.54) is 0 Å². The number of rotatable bonds is 9. The first-order valence-corrected chi connectivity index (χ1v) is 10.4. The molecular formula is C19H34ClN2OP. The topological polar surface area (TPSA) is 15.7 Å². The number of hydrogen-bond acceptors (Lipinski definition) is 3. The van der Waals surface area contributed by atoms with Gasteiger partial charge in [-0.05, 0) is 73.1 Å².